The molecular formula is C26H27NO. The lowest BCUT2D eigenvalue weighted by atomic mass is 9.65. The molecule has 1 atom stereocenters. The second-order valence-electron chi connectivity index (χ2n) is 8.71. The van der Waals surface area contributed by atoms with Gasteiger partial charge in [0, 0.05) is 22.2 Å². The van der Waals surface area contributed by atoms with Crippen LogP contribution in [0.1, 0.15) is 54.2 Å². The lowest BCUT2D eigenvalue weighted by Gasteiger charge is -2.51. The third-order valence-corrected chi connectivity index (χ3v) is 6.04. The van der Waals surface area contributed by atoms with Crippen molar-refractivity contribution in [2.24, 2.45) is 0 Å². The zero-order valence-electron chi connectivity index (χ0n) is 17.1. The normalized spacial score (nSPS) is 20.5. The van der Waals surface area contributed by atoms with Crippen molar-refractivity contribution >= 4 is 11.6 Å². The molecule has 1 unspecified atom stereocenters. The number of carbonyl (C=O) groups is 1. The van der Waals surface area contributed by atoms with Crippen molar-refractivity contribution in [1.82, 2.24) is 0 Å². The lowest BCUT2D eigenvalue weighted by Crippen LogP contribution is -2.55. The van der Waals surface area contributed by atoms with Crippen molar-refractivity contribution < 1.29 is 4.79 Å². The minimum atomic E-state index is -0.319. The summed E-state index contributed by atoms with van der Waals surface area (Å²) in [4.78, 5) is 15.6. The van der Waals surface area contributed by atoms with Crippen molar-refractivity contribution in [2.75, 3.05) is 4.90 Å². The average Bonchev–Trinajstić information content (AvgIpc) is 2.68. The highest BCUT2D eigenvalue weighted by atomic mass is 16.2. The lowest BCUT2D eigenvalue weighted by molar-refractivity contribution is 0.0948. The first-order valence-corrected chi connectivity index (χ1v) is 9.89. The number of anilines is 1. The third kappa shape index (κ3) is 2.93. The first kappa shape index (κ1) is 18.5. The molecule has 0 bridgehead atoms. The van der Waals surface area contributed by atoms with Crippen molar-refractivity contribution in [2.45, 2.75) is 45.1 Å². The molecule has 2 heteroatoms. The van der Waals surface area contributed by atoms with Gasteiger partial charge < -0.3 is 4.90 Å². The molecular weight excluding hydrogens is 342 g/mol. The van der Waals surface area contributed by atoms with E-state index in [2.05, 4.69) is 69.3 Å². The Balaban J connectivity index is 1.88. The number of hydrogen-bond acceptors (Lipinski definition) is 1. The number of nitrogens with zero attached hydrogens (tertiary/aromatic N) is 1. The zero-order chi connectivity index (χ0) is 19.9. The number of rotatable bonds is 2. The molecule has 28 heavy (non-hydrogen) atoms. The summed E-state index contributed by atoms with van der Waals surface area (Å²) in [5, 5.41) is 0. The smallest absolute Gasteiger partial charge is 0.258 e. The first-order valence-electron chi connectivity index (χ1n) is 9.89. The molecule has 0 aliphatic carbocycles. The molecule has 2 nitrogen and oxygen atoms in total. The van der Waals surface area contributed by atoms with Crippen LogP contribution < -0.4 is 4.90 Å². The van der Waals surface area contributed by atoms with Gasteiger partial charge in [-0.2, -0.15) is 0 Å². The van der Waals surface area contributed by atoms with Gasteiger partial charge in [0.25, 0.3) is 5.91 Å². The summed E-state index contributed by atoms with van der Waals surface area (Å²) in [6.45, 7) is 8.70. The summed E-state index contributed by atoms with van der Waals surface area (Å²) in [6.07, 6.45) is 0.860. The molecule has 4 rings (SSSR count). The van der Waals surface area contributed by atoms with Crippen LogP contribution >= 0.6 is 0 Å². The maximum absolute atomic E-state index is 13.6. The van der Waals surface area contributed by atoms with Gasteiger partial charge in [0.05, 0.1) is 0 Å². The number of carbonyl (C=O) groups excluding carboxylic acids is 1. The molecule has 1 aliphatic heterocycles. The molecule has 1 aliphatic rings. The van der Waals surface area contributed by atoms with Crippen LogP contribution in [-0.4, -0.2) is 11.4 Å². The summed E-state index contributed by atoms with van der Waals surface area (Å²) in [6, 6.07) is 26.9. The van der Waals surface area contributed by atoms with Crippen LogP contribution in [0.3, 0.4) is 0 Å². The second-order valence-corrected chi connectivity index (χ2v) is 8.71. The largest absolute Gasteiger partial charge is 0.302 e. The monoisotopic (exact) mass is 369 g/mol. The fourth-order valence-corrected chi connectivity index (χ4v) is 4.77. The van der Waals surface area contributed by atoms with Crippen LogP contribution in [0.4, 0.5) is 5.69 Å². The van der Waals surface area contributed by atoms with Crippen molar-refractivity contribution in [3.63, 3.8) is 0 Å². The number of benzene rings is 3. The van der Waals surface area contributed by atoms with Crippen LogP contribution in [0.5, 0.6) is 0 Å². The van der Waals surface area contributed by atoms with Crippen LogP contribution in [0.25, 0.3) is 0 Å². The molecule has 142 valence electrons. The van der Waals surface area contributed by atoms with Gasteiger partial charge in [-0.1, -0.05) is 73.2 Å². The molecule has 3 aromatic carbocycles. The van der Waals surface area contributed by atoms with Gasteiger partial charge in [-0.25, -0.2) is 0 Å². The molecule has 0 aromatic heterocycles. The highest BCUT2D eigenvalue weighted by molar-refractivity contribution is 6.08. The molecule has 1 heterocycles. The predicted octanol–water partition coefficient (Wildman–Crippen LogP) is 6.13. The van der Waals surface area contributed by atoms with Crippen LogP contribution in [0.2, 0.25) is 0 Å². The molecule has 3 aromatic rings. The minimum Gasteiger partial charge on any atom is -0.302 e. The quantitative estimate of drug-likeness (QED) is 0.532. The summed E-state index contributed by atoms with van der Waals surface area (Å²) < 4.78 is 0. The summed E-state index contributed by atoms with van der Waals surface area (Å²) in [7, 11) is 0. The van der Waals surface area contributed by atoms with E-state index in [0.29, 0.717) is 0 Å². The molecule has 0 radical (unpaired) electrons. The molecule has 0 saturated carbocycles. The van der Waals surface area contributed by atoms with E-state index in [1.807, 2.05) is 42.2 Å². The second kappa shape index (κ2) is 6.63. The van der Waals surface area contributed by atoms with E-state index < -0.39 is 0 Å². The Bertz CT molecular complexity index is 1000. The van der Waals surface area contributed by atoms with Gasteiger partial charge in [0.1, 0.15) is 0 Å². The number of para-hydroxylation sites is 1. The zero-order valence-corrected chi connectivity index (χ0v) is 17.1. The van der Waals surface area contributed by atoms with Gasteiger partial charge in [-0.15, -0.1) is 0 Å². The summed E-state index contributed by atoms with van der Waals surface area (Å²) >= 11 is 0. The Labute approximate surface area is 167 Å². The van der Waals surface area contributed by atoms with Gasteiger partial charge in [-0.05, 0) is 56.5 Å². The predicted molar refractivity (Wildman–Crippen MR) is 116 cm³/mol. The molecule has 0 N–H and O–H groups in total. The van der Waals surface area contributed by atoms with Crippen LogP contribution in [0.15, 0.2) is 78.9 Å². The standard InChI is InChI=1S/C26H27NO/c1-19-14-16-20(17-15-19)24(28)27-23-13-9-8-12-22(23)26(4,18-25(27,2)3)21-10-6-5-7-11-21/h5-17H,18H2,1-4H3. The Morgan fingerprint density at radius 3 is 2.11 bits per heavy atom. The van der Waals surface area contributed by atoms with E-state index in [0.717, 1.165) is 23.2 Å². The minimum absolute atomic E-state index is 0.0626. The maximum Gasteiger partial charge on any atom is 0.258 e. The van der Waals surface area contributed by atoms with E-state index in [1.54, 1.807) is 0 Å². The highest BCUT2D eigenvalue weighted by Gasteiger charge is 2.47. The summed E-state index contributed by atoms with van der Waals surface area (Å²) in [5.41, 5.74) is 4.93. The van der Waals surface area contributed by atoms with E-state index in [-0.39, 0.29) is 16.9 Å². The number of amides is 1. The van der Waals surface area contributed by atoms with Gasteiger partial charge in [-0.3, -0.25) is 4.79 Å². The van der Waals surface area contributed by atoms with Gasteiger partial charge in [0.2, 0.25) is 0 Å². The Kier molecular flexibility index (Phi) is 4.38. The Hall–Kier alpha value is -2.87. The summed E-state index contributed by atoms with van der Waals surface area (Å²) in [5.74, 6) is 0.0626. The molecule has 1 amide bonds. The van der Waals surface area contributed by atoms with Crippen molar-refractivity contribution in [1.29, 1.82) is 0 Å². The topological polar surface area (TPSA) is 20.3 Å². The number of fused-ring (bicyclic) bond motifs is 1. The SMILES string of the molecule is Cc1ccc(C(=O)N2c3ccccc3C(C)(c3ccccc3)CC2(C)C)cc1. The fourth-order valence-electron chi connectivity index (χ4n) is 4.77. The number of aryl methyl sites for hydroxylation is 1. The Morgan fingerprint density at radius 1 is 0.821 bits per heavy atom. The fraction of sp³-hybridized carbons (Fsp3) is 0.269. The van der Waals surface area contributed by atoms with E-state index in [1.165, 1.54) is 11.1 Å². The first-order chi connectivity index (χ1) is 13.3. The Morgan fingerprint density at radius 2 is 1.43 bits per heavy atom. The molecule has 0 fully saturated rings. The average molecular weight is 370 g/mol. The van der Waals surface area contributed by atoms with E-state index in [9.17, 15) is 4.79 Å². The van der Waals surface area contributed by atoms with E-state index in [4.69, 9.17) is 0 Å². The third-order valence-electron chi connectivity index (χ3n) is 6.04. The van der Waals surface area contributed by atoms with Crippen molar-refractivity contribution in [3.05, 3.63) is 101 Å². The van der Waals surface area contributed by atoms with Crippen LogP contribution in [-0.2, 0) is 5.41 Å². The van der Waals surface area contributed by atoms with Gasteiger partial charge in [0.15, 0.2) is 0 Å². The molecule has 0 spiro atoms. The van der Waals surface area contributed by atoms with Crippen molar-refractivity contribution in [3.8, 4) is 0 Å². The highest BCUT2D eigenvalue weighted by Crippen LogP contribution is 2.50. The number of hydrogen-bond donors (Lipinski definition) is 0. The maximum atomic E-state index is 13.6. The van der Waals surface area contributed by atoms with Gasteiger partial charge >= 0.3 is 0 Å². The van der Waals surface area contributed by atoms with Crippen LogP contribution in [0, 0.1) is 6.92 Å². The van der Waals surface area contributed by atoms with E-state index >= 15 is 0 Å². The molecule has 0 saturated heterocycles.